The van der Waals surface area contributed by atoms with Crippen molar-refractivity contribution in [1.82, 2.24) is 0 Å². The van der Waals surface area contributed by atoms with E-state index >= 15 is 0 Å². The minimum absolute atomic E-state index is 0.379. The summed E-state index contributed by atoms with van der Waals surface area (Å²) in [6.07, 6.45) is 13.8. The molecule has 0 heterocycles. The number of aliphatic carboxylic acids is 1. The quantitative estimate of drug-likeness (QED) is 0.568. The molecule has 0 aliphatic heterocycles. The van der Waals surface area contributed by atoms with Crippen LogP contribution in [0.4, 0.5) is 0 Å². The molecule has 2 nitrogen and oxygen atoms in total. The molecule has 1 aliphatic carbocycles. The van der Waals surface area contributed by atoms with Crippen molar-refractivity contribution in [1.29, 1.82) is 0 Å². The first-order chi connectivity index (χ1) is 9.10. The molecular weight excluding hydrogens is 236 g/mol. The van der Waals surface area contributed by atoms with Crippen molar-refractivity contribution in [3.05, 3.63) is 0 Å². The Bertz CT molecular complexity index is 252. The van der Waals surface area contributed by atoms with E-state index in [4.69, 9.17) is 0 Å². The normalized spacial score (nSPS) is 27.4. The van der Waals surface area contributed by atoms with Gasteiger partial charge in [-0.25, -0.2) is 0 Å². The molecule has 1 N–H and O–H groups in total. The maximum atomic E-state index is 11.6. The Labute approximate surface area is 119 Å². The van der Waals surface area contributed by atoms with E-state index in [1.165, 1.54) is 38.5 Å². The Hall–Kier alpha value is -0.530. The zero-order chi connectivity index (χ0) is 14.1. The van der Waals surface area contributed by atoms with Gasteiger partial charge in [-0.1, -0.05) is 58.8 Å². The molecule has 0 radical (unpaired) electrons. The van der Waals surface area contributed by atoms with Gasteiger partial charge in [0.2, 0.25) is 0 Å². The van der Waals surface area contributed by atoms with Gasteiger partial charge in [0, 0.05) is 0 Å². The molecule has 112 valence electrons. The van der Waals surface area contributed by atoms with Gasteiger partial charge < -0.3 is 5.11 Å². The van der Waals surface area contributed by atoms with Crippen molar-refractivity contribution in [2.75, 3.05) is 0 Å². The summed E-state index contributed by atoms with van der Waals surface area (Å²) in [5.74, 6) is 0.187. The Morgan fingerprint density at radius 2 is 1.58 bits per heavy atom. The van der Waals surface area contributed by atoms with Gasteiger partial charge in [0.25, 0.3) is 0 Å². The highest BCUT2D eigenvalue weighted by Crippen LogP contribution is 2.43. The van der Waals surface area contributed by atoms with Crippen molar-refractivity contribution in [3.8, 4) is 0 Å². The summed E-state index contributed by atoms with van der Waals surface area (Å²) in [5, 5.41) is 9.55. The Morgan fingerprint density at radius 3 is 2.11 bits per heavy atom. The minimum Gasteiger partial charge on any atom is -0.481 e. The fourth-order valence-electron chi connectivity index (χ4n) is 3.31. The monoisotopic (exact) mass is 268 g/mol. The first-order valence-corrected chi connectivity index (χ1v) is 8.34. The summed E-state index contributed by atoms with van der Waals surface area (Å²) in [5.41, 5.74) is -0.379. The summed E-state index contributed by atoms with van der Waals surface area (Å²) < 4.78 is 0. The molecule has 1 fully saturated rings. The van der Waals surface area contributed by atoms with E-state index in [0.717, 1.165) is 44.4 Å². The third kappa shape index (κ3) is 5.54. The fraction of sp³-hybridized carbons (Fsp3) is 0.941. The summed E-state index contributed by atoms with van der Waals surface area (Å²) in [7, 11) is 0. The zero-order valence-corrected chi connectivity index (χ0v) is 12.9. The molecule has 0 aromatic rings. The molecule has 1 saturated carbocycles. The second kappa shape index (κ2) is 8.60. The van der Waals surface area contributed by atoms with Crippen molar-refractivity contribution in [2.45, 2.75) is 90.9 Å². The summed E-state index contributed by atoms with van der Waals surface area (Å²) in [6.45, 7) is 4.49. The average molecular weight is 268 g/mol. The number of rotatable bonds is 9. The van der Waals surface area contributed by atoms with Crippen LogP contribution >= 0.6 is 0 Å². The van der Waals surface area contributed by atoms with Crippen molar-refractivity contribution >= 4 is 5.97 Å². The van der Waals surface area contributed by atoms with E-state index in [0.29, 0.717) is 0 Å². The maximum Gasteiger partial charge on any atom is 0.309 e. The number of carbonyl (C=O) groups is 1. The van der Waals surface area contributed by atoms with Gasteiger partial charge >= 0.3 is 5.97 Å². The third-order valence-electron chi connectivity index (χ3n) is 4.94. The van der Waals surface area contributed by atoms with E-state index in [1.54, 1.807) is 0 Å². The van der Waals surface area contributed by atoms with Crippen LogP contribution in [0.25, 0.3) is 0 Å². The maximum absolute atomic E-state index is 11.6. The van der Waals surface area contributed by atoms with E-state index in [9.17, 15) is 9.90 Å². The topological polar surface area (TPSA) is 37.3 Å². The second-order valence-electron chi connectivity index (χ2n) is 6.64. The number of hydrogen-bond donors (Lipinski definition) is 1. The van der Waals surface area contributed by atoms with Crippen molar-refractivity contribution in [3.63, 3.8) is 0 Å². The largest absolute Gasteiger partial charge is 0.481 e. The van der Waals surface area contributed by atoms with E-state index in [-0.39, 0.29) is 5.41 Å². The lowest BCUT2D eigenvalue weighted by molar-refractivity contribution is -0.152. The minimum atomic E-state index is -0.537. The SMILES string of the molecule is CCCCCCCCCC1(C(=O)O)CCC(C)CC1. The first kappa shape index (κ1) is 16.5. The van der Waals surface area contributed by atoms with Crippen molar-refractivity contribution < 1.29 is 9.90 Å². The summed E-state index contributed by atoms with van der Waals surface area (Å²) in [6, 6.07) is 0. The molecule has 19 heavy (non-hydrogen) atoms. The van der Waals surface area contributed by atoms with Gasteiger partial charge in [0.15, 0.2) is 0 Å². The standard InChI is InChI=1S/C17H32O2/c1-3-4-5-6-7-8-9-12-17(16(18)19)13-10-15(2)11-14-17/h15H,3-14H2,1-2H3,(H,18,19). The van der Waals surface area contributed by atoms with Crippen LogP contribution in [-0.4, -0.2) is 11.1 Å². The lowest BCUT2D eigenvalue weighted by atomic mass is 9.68. The molecule has 0 aromatic heterocycles. The predicted molar refractivity (Wildman–Crippen MR) is 80.3 cm³/mol. The molecule has 0 aromatic carbocycles. The van der Waals surface area contributed by atoms with Gasteiger partial charge in [-0.2, -0.15) is 0 Å². The van der Waals surface area contributed by atoms with Gasteiger partial charge in [0.1, 0.15) is 0 Å². The number of carboxylic acid groups (broad SMARTS) is 1. The highest BCUT2D eigenvalue weighted by molar-refractivity contribution is 5.74. The Balaban J connectivity index is 2.22. The van der Waals surface area contributed by atoms with Gasteiger partial charge in [-0.15, -0.1) is 0 Å². The molecular formula is C17H32O2. The molecule has 0 atom stereocenters. The molecule has 1 aliphatic rings. The van der Waals surface area contributed by atoms with E-state index < -0.39 is 5.97 Å². The molecule has 0 spiro atoms. The van der Waals surface area contributed by atoms with Crippen LogP contribution in [0.3, 0.4) is 0 Å². The van der Waals surface area contributed by atoms with E-state index in [1.807, 2.05) is 0 Å². The molecule has 1 rings (SSSR count). The summed E-state index contributed by atoms with van der Waals surface area (Å²) in [4.78, 5) is 11.6. The first-order valence-electron chi connectivity index (χ1n) is 8.34. The van der Waals surface area contributed by atoms with Crippen LogP contribution in [0, 0.1) is 11.3 Å². The lowest BCUT2D eigenvalue weighted by Crippen LogP contribution is -2.35. The van der Waals surface area contributed by atoms with Crippen LogP contribution in [0.15, 0.2) is 0 Å². The fourth-order valence-corrected chi connectivity index (χ4v) is 3.31. The van der Waals surface area contributed by atoms with Crippen molar-refractivity contribution in [2.24, 2.45) is 11.3 Å². The molecule has 0 saturated heterocycles. The predicted octanol–water partition coefficient (Wildman–Crippen LogP) is 5.41. The number of unbranched alkanes of at least 4 members (excludes halogenated alkanes) is 6. The number of carboxylic acids is 1. The highest BCUT2D eigenvalue weighted by Gasteiger charge is 2.40. The molecule has 2 heteroatoms. The zero-order valence-electron chi connectivity index (χ0n) is 12.9. The van der Waals surface area contributed by atoms with Crippen LogP contribution in [0.2, 0.25) is 0 Å². The average Bonchev–Trinajstić information content (AvgIpc) is 2.40. The number of hydrogen-bond acceptors (Lipinski definition) is 1. The summed E-state index contributed by atoms with van der Waals surface area (Å²) >= 11 is 0. The van der Waals surface area contributed by atoms with Crippen LogP contribution in [-0.2, 0) is 4.79 Å². The van der Waals surface area contributed by atoms with E-state index in [2.05, 4.69) is 13.8 Å². The molecule has 0 bridgehead atoms. The van der Waals surface area contributed by atoms with Gasteiger partial charge in [0.05, 0.1) is 5.41 Å². The second-order valence-corrected chi connectivity index (χ2v) is 6.64. The van der Waals surface area contributed by atoms with Gasteiger partial charge in [-0.3, -0.25) is 4.79 Å². The third-order valence-corrected chi connectivity index (χ3v) is 4.94. The molecule has 0 unspecified atom stereocenters. The van der Waals surface area contributed by atoms with Crippen LogP contribution in [0.5, 0.6) is 0 Å². The Kier molecular flexibility index (Phi) is 7.48. The smallest absolute Gasteiger partial charge is 0.309 e. The molecule has 0 amide bonds. The van der Waals surface area contributed by atoms with Gasteiger partial charge in [-0.05, 0) is 38.0 Å². The Morgan fingerprint density at radius 1 is 1.05 bits per heavy atom. The van der Waals surface area contributed by atoms with Crippen LogP contribution < -0.4 is 0 Å². The highest BCUT2D eigenvalue weighted by atomic mass is 16.4. The lowest BCUT2D eigenvalue weighted by Gasteiger charge is -2.35. The van der Waals surface area contributed by atoms with Crippen LogP contribution in [0.1, 0.15) is 90.9 Å².